The zero-order valence-electron chi connectivity index (χ0n) is 12.0. The number of nitrogens with zero attached hydrogens (tertiary/aromatic N) is 3. The van der Waals surface area contributed by atoms with Crippen LogP contribution >= 0.6 is 0 Å². The molecule has 1 aliphatic rings. The van der Waals surface area contributed by atoms with Gasteiger partial charge in [0.1, 0.15) is 0 Å². The Morgan fingerprint density at radius 2 is 2.30 bits per heavy atom. The average Bonchev–Trinajstić information content (AvgIpc) is 2.95. The number of likely N-dealkylation sites (tertiary alicyclic amines) is 1. The normalized spacial score (nSPS) is 20.1. The first-order chi connectivity index (χ1) is 9.79. The molecule has 20 heavy (non-hydrogen) atoms. The Balaban J connectivity index is 1.56. The maximum Gasteiger partial charge on any atom is 0.0922 e. The Morgan fingerprint density at radius 1 is 1.35 bits per heavy atom. The van der Waals surface area contributed by atoms with Crippen LogP contribution in [0.5, 0.6) is 0 Å². The van der Waals surface area contributed by atoms with Crippen molar-refractivity contribution in [1.29, 1.82) is 0 Å². The van der Waals surface area contributed by atoms with Gasteiger partial charge >= 0.3 is 0 Å². The highest BCUT2D eigenvalue weighted by molar-refractivity contribution is 5.14. The number of nitrogens with one attached hydrogen (secondary N) is 1. The van der Waals surface area contributed by atoms with Gasteiger partial charge in [0.05, 0.1) is 6.33 Å². The molecular weight excluding hydrogens is 248 g/mol. The topological polar surface area (TPSA) is 44.8 Å². The van der Waals surface area contributed by atoms with Crippen molar-refractivity contribution in [2.24, 2.45) is 5.92 Å². The van der Waals surface area contributed by atoms with Crippen molar-refractivity contribution in [2.75, 3.05) is 13.1 Å². The number of imidazole rings is 1. The van der Waals surface area contributed by atoms with Crippen LogP contribution in [0.15, 0.2) is 30.9 Å². The van der Waals surface area contributed by atoms with E-state index in [1.165, 1.54) is 37.2 Å². The Kier molecular flexibility index (Phi) is 4.11. The number of hydrogen-bond donors (Lipinski definition) is 1. The second kappa shape index (κ2) is 6.18. The summed E-state index contributed by atoms with van der Waals surface area (Å²) in [5.74, 6) is 0.746. The summed E-state index contributed by atoms with van der Waals surface area (Å²) in [7, 11) is 0. The molecular formula is C16H22N4. The van der Waals surface area contributed by atoms with Crippen molar-refractivity contribution in [3.8, 4) is 0 Å². The molecule has 0 aromatic carbocycles. The fourth-order valence-electron chi connectivity index (χ4n) is 3.03. The summed E-state index contributed by atoms with van der Waals surface area (Å²) in [6, 6.07) is 4.33. The van der Waals surface area contributed by atoms with E-state index in [0.29, 0.717) is 0 Å². The van der Waals surface area contributed by atoms with E-state index in [0.717, 1.165) is 24.6 Å². The Morgan fingerprint density at radius 3 is 3.05 bits per heavy atom. The van der Waals surface area contributed by atoms with E-state index < -0.39 is 0 Å². The maximum atomic E-state index is 4.40. The summed E-state index contributed by atoms with van der Waals surface area (Å²) in [6.07, 6.45) is 9.48. The molecule has 1 unspecified atom stereocenters. The summed E-state index contributed by atoms with van der Waals surface area (Å²) in [5, 5.41) is 0. The lowest BCUT2D eigenvalue weighted by atomic mass is 9.92. The standard InChI is InChI=1S/C16H22N4/c1-13-4-5-14(8-18-13)7-15-3-2-6-20(10-15)11-16-9-17-12-19-16/h4-5,8-9,12,15H,2-3,6-7,10-11H2,1H3,(H,17,19). The van der Waals surface area contributed by atoms with Crippen molar-refractivity contribution in [3.05, 3.63) is 47.8 Å². The van der Waals surface area contributed by atoms with Crippen LogP contribution in [0.3, 0.4) is 0 Å². The lowest BCUT2D eigenvalue weighted by molar-refractivity contribution is 0.165. The van der Waals surface area contributed by atoms with Gasteiger partial charge in [-0.3, -0.25) is 9.88 Å². The highest BCUT2D eigenvalue weighted by Gasteiger charge is 2.20. The number of aromatic nitrogens is 3. The Bertz CT molecular complexity index is 518. The molecule has 0 spiro atoms. The van der Waals surface area contributed by atoms with Crippen molar-refractivity contribution < 1.29 is 0 Å². The highest BCUT2D eigenvalue weighted by Crippen LogP contribution is 2.21. The zero-order valence-corrected chi connectivity index (χ0v) is 12.0. The van der Waals surface area contributed by atoms with Crippen LogP contribution in [0.2, 0.25) is 0 Å². The molecule has 4 nitrogen and oxygen atoms in total. The van der Waals surface area contributed by atoms with Crippen LogP contribution in [0.25, 0.3) is 0 Å². The monoisotopic (exact) mass is 270 g/mol. The summed E-state index contributed by atoms with van der Waals surface area (Å²) < 4.78 is 0. The van der Waals surface area contributed by atoms with E-state index >= 15 is 0 Å². The van der Waals surface area contributed by atoms with Gasteiger partial charge in [-0.1, -0.05) is 6.07 Å². The number of piperidine rings is 1. The van der Waals surface area contributed by atoms with Crippen LogP contribution in [-0.4, -0.2) is 32.9 Å². The van der Waals surface area contributed by atoms with Gasteiger partial charge in [-0.2, -0.15) is 0 Å². The molecule has 3 heterocycles. The average molecular weight is 270 g/mol. The van der Waals surface area contributed by atoms with Crippen molar-refractivity contribution in [1.82, 2.24) is 19.9 Å². The van der Waals surface area contributed by atoms with E-state index in [2.05, 4.69) is 32.0 Å². The molecule has 0 amide bonds. The molecule has 0 radical (unpaired) electrons. The van der Waals surface area contributed by atoms with Gasteiger partial charge < -0.3 is 4.98 Å². The second-order valence-corrected chi connectivity index (χ2v) is 5.83. The molecule has 1 saturated heterocycles. The van der Waals surface area contributed by atoms with Gasteiger partial charge in [-0.15, -0.1) is 0 Å². The van der Waals surface area contributed by atoms with Gasteiger partial charge in [0.25, 0.3) is 0 Å². The number of hydrogen-bond acceptors (Lipinski definition) is 3. The molecule has 1 fully saturated rings. The van der Waals surface area contributed by atoms with Gasteiger partial charge in [0.15, 0.2) is 0 Å². The van der Waals surface area contributed by atoms with Crippen LogP contribution < -0.4 is 0 Å². The predicted molar refractivity (Wildman–Crippen MR) is 79.3 cm³/mol. The lowest BCUT2D eigenvalue weighted by Gasteiger charge is -2.32. The molecule has 1 atom stereocenters. The molecule has 1 aliphatic heterocycles. The lowest BCUT2D eigenvalue weighted by Crippen LogP contribution is -2.35. The summed E-state index contributed by atoms with van der Waals surface area (Å²) in [6.45, 7) is 5.40. The van der Waals surface area contributed by atoms with Crippen molar-refractivity contribution in [2.45, 2.75) is 32.7 Å². The molecule has 1 N–H and O–H groups in total. The third-order valence-electron chi connectivity index (χ3n) is 4.05. The minimum Gasteiger partial charge on any atom is -0.347 e. The number of pyridine rings is 1. The molecule has 106 valence electrons. The fraction of sp³-hybridized carbons (Fsp3) is 0.500. The summed E-state index contributed by atoms with van der Waals surface area (Å²) in [4.78, 5) is 14.2. The van der Waals surface area contributed by atoms with Gasteiger partial charge in [-0.05, 0) is 50.3 Å². The molecule has 0 aliphatic carbocycles. The largest absolute Gasteiger partial charge is 0.347 e. The Hall–Kier alpha value is -1.68. The third-order valence-corrected chi connectivity index (χ3v) is 4.05. The van der Waals surface area contributed by atoms with Crippen molar-refractivity contribution >= 4 is 0 Å². The van der Waals surface area contributed by atoms with Crippen LogP contribution in [-0.2, 0) is 13.0 Å². The summed E-state index contributed by atoms with van der Waals surface area (Å²) >= 11 is 0. The Labute approximate surface area is 120 Å². The molecule has 0 saturated carbocycles. The minimum atomic E-state index is 0.746. The van der Waals surface area contributed by atoms with E-state index in [9.17, 15) is 0 Å². The molecule has 3 rings (SSSR count). The van der Waals surface area contributed by atoms with E-state index in [4.69, 9.17) is 0 Å². The van der Waals surface area contributed by atoms with Crippen molar-refractivity contribution in [3.63, 3.8) is 0 Å². The molecule has 2 aromatic heterocycles. The SMILES string of the molecule is Cc1ccc(CC2CCCN(Cc3cnc[nH]3)C2)cn1. The maximum absolute atomic E-state index is 4.40. The number of rotatable bonds is 4. The predicted octanol–water partition coefficient (Wildman–Crippen LogP) is 2.57. The van der Waals surface area contributed by atoms with E-state index in [1.54, 1.807) is 6.33 Å². The first kappa shape index (κ1) is 13.3. The summed E-state index contributed by atoms with van der Waals surface area (Å²) in [5.41, 5.74) is 3.67. The second-order valence-electron chi connectivity index (χ2n) is 5.83. The molecule has 2 aromatic rings. The molecule has 0 bridgehead atoms. The van der Waals surface area contributed by atoms with Gasteiger partial charge in [-0.25, -0.2) is 4.98 Å². The quantitative estimate of drug-likeness (QED) is 0.928. The first-order valence-electron chi connectivity index (χ1n) is 7.41. The van der Waals surface area contributed by atoms with Crippen LogP contribution in [0.1, 0.15) is 29.8 Å². The highest BCUT2D eigenvalue weighted by atomic mass is 15.1. The van der Waals surface area contributed by atoms with Gasteiger partial charge in [0.2, 0.25) is 0 Å². The fourth-order valence-corrected chi connectivity index (χ4v) is 3.03. The first-order valence-corrected chi connectivity index (χ1v) is 7.41. The third kappa shape index (κ3) is 3.45. The number of aromatic amines is 1. The number of H-pyrrole nitrogens is 1. The van der Waals surface area contributed by atoms with Crippen LogP contribution in [0.4, 0.5) is 0 Å². The van der Waals surface area contributed by atoms with Gasteiger partial charge in [0, 0.05) is 36.9 Å². The molecule has 4 heteroatoms. The minimum absolute atomic E-state index is 0.746. The van der Waals surface area contributed by atoms with Crippen LogP contribution in [0, 0.1) is 12.8 Å². The smallest absolute Gasteiger partial charge is 0.0922 e. The van der Waals surface area contributed by atoms with E-state index in [1.807, 2.05) is 19.3 Å². The zero-order chi connectivity index (χ0) is 13.8. The number of aryl methyl sites for hydroxylation is 1. The van der Waals surface area contributed by atoms with E-state index in [-0.39, 0.29) is 0 Å².